The monoisotopic (exact) mass is 338 g/mol. The van der Waals surface area contributed by atoms with Gasteiger partial charge in [0.25, 0.3) is 5.91 Å². The molecular weight excluding hydrogens is 322 g/mol. The highest BCUT2D eigenvalue weighted by Crippen LogP contribution is 2.24. The van der Waals surface area contributed by atoms with Gasteiger partial charge in [-0.3, -0.25) is 9.69 Å². The van der Waals surface area contributed by atoms with Crippen LogP contribution in [0.3, 0.4) is 0 Å². The maximum atomic E-state index is 13.8. The minimum absolute atomic E-state index is 0.445. The Morgan fingerprint density at radius 2 is 1.96 bits per heavy atom. The van der Waals surface area contributed by atoms with Crippen LogP contribution in [-0.4, -0.2) is 47.0 Å². The van der Waals surface area contributed by atoms with Crippen molar-refractivity contribution in [3.05, 3.63) is 51.7 Å². The van der Waals surface area contributed by atoms with Gasteiger partial charge < -0.3 is 10.0 Å². The van der Waals surface area contributed by atoms with Gasteiger partial charge in [-0.15, -0.1) is 11.3 Å². The molecule has 0 aliphatic carbocycles. The van der Waals surface area contributed by atoms with Gasteiger partial charge in [-0.2, -0.15) is 0 Å². The molecular formula is C16H16F2N2O2S. The number of benzene rings is 1. The van der Waals surface area contributed by atoms with Crippen LogP contribution in [-0.2, 0) is 6.54 Å². The third kappa shape index (κ3) is 3.51. The van der Waals surface area contributed by atoms with Gasteiger partial charge in [0.15, 0.2) is 0 Å². The molecule has 0 spiro atoms. The summed E-state index contributed by atoms with van der Waals surface area (Å²) >= 11 is 1.69. The Bertz CT molecular complexity index is 675. The van der Waals surface area contributed by atoms with Crippen molar-refractivity contribution >= 4 is 17.2 Å². The van der Waals surface area contributed by atoms with E-state index >= 15 is 0 Å². The summed E-state index contributed by atoms with van der Waals surface area (Å²) in [5.41, 5.74) is -0.460. The molecule has 0 atom stereocenters. The van der Waals surface area contributed by atoms with Crippen LogP contribution in [0.5, 0.6) is 5.75 Å². The zero-order valence-electron chi connectivity index (χ0n) is 12.3. The molecule has 4 nitrogen and oxygen atoms in total. The van der Waals surface area contributed by atoms with E-state index < -0.39 is 28.9 Å². The second-order valence-electron chi connectivity index (χ2n) is 5.43. The molecule has 1 aromatic heterocycles. The Kier molecular flexibility index (Phi) is 4.58. The van der Waals surface area contributed by atoms with Gasteiger partial charge in [-0.1, -0.05) is 6.07 Å². The smallest absolute Gasteiger partial charge is 0.260 e. The summed E-state index contributed by atoms with van der Waals surface area (Å²) in [5, 5.41) is 11.7. The van der Waals surface area contributed by atoms with Crippen LogP contribution in [0.15, 0.2) is 29.6 Å². The maximum Gasteiger partial charge on any atom is 0.260 e. The summed E-state index contributed by atoms with van der Waals surface area (Å²) in [5.74, 6) is -3.20. The summed E-state index contributed by atoms with van der Waals surface area (Å²) in [6.45, 7) is 3.07. The predicted molar refractivity (Wildman–Crippen MR) is 83.5 cm³/mol. The van der Waals surface area contributed by atoms with Crippen LogP contribution in [0, 0.1) is 11.6 Å². The normalized spacial score (nSPS) is 15.8. The molecule has 1 aliphatic heterocycles. The fraction of sp³-hybridized carbons (Fsp3) is 0.312. The first-order chi connectivity index (χ1) is 11.0. The van der Waals surface area contributed by atoms with Gasteiger partial charge in [0, 0.05) is 49.7 Å². The van der Waals surface area contributed by atoms with E-state index in [1.165, 1.54) is 9.78 Å². The summed E-state index contributed by atoms with van der Waals surface area (Å²) in [7, 11) is 0. The Morgan fingerprint density at radius 1 is 1.22 bits per heavy atom. The molecule has 0 radical (unpaired) electrons. The number of rotatable bonds is 3. The minimum Gasteiger partial charge on any atom is -0.507 e. The number of phenolic OH excluding ortho intramolecular Hbond substituents is 1. The van der Waals surface area contributed by atoms with Crippen molar-refractivity contribution in [3.63, 3.8) is 0 Å². The molecule has 23 heavy (non-hydrogen) atoms. The number of carbonyl (C=O) groups excluding carboxylic acids is 1. The van der Waals surface area contributed by atoms with Crippen LogP contribution in [0.25, 0.3) is 0 Å². The van der Waals surface area contributed by atoms with Gasteiger partial charge >= 0.3 is 0 Å². The third-order valence-electron chi connectivity index (χ3n) is 3.87. The van der Waals surface area contributed by atoms with Crippen LogP contribution in [0.2, 0.25) is 0 Å². The zero-order chi connectivity index (χ0) is 16.4. The average molecular weight is 338 g/mol. The van der Waals surface area contributed by atoms with E-state index in [0.717, 1.165) is 12.6 Å². The van der Waals surface area contributed by atoms with Crippen LogP contribution in [0.1, 0.15) is 15.2 Å². The highest BCUT2D eigenvalue weighted by Gasteiger charge is 2.27. The molecule has 1 N–H and O–H groups in total. The number of nitrogens with zero attached hydrogens (tertiary/aromatic N) is 2. The number of halogens is 2. The maximum absolute atomic E-state index is 13.8. The molecule has 1 aromatic carbocycles. The molecule has 1 aliphatic rings. The fourth-order valence-corrected chi connectivity index (χ4v) is 3.41. The molecule has 2 aromatic rings. The highest BCUT2D eigenvalue weighted by molar-refractivity contribution is 7.09. The average Bonchev–Trinajstić information content (AvgIpc) is 2.99. The van der Waals surface area contributed by atoms with E-state index in [0.29, 0.717) is 32.2 Å². The number of carbonyl (C=O) groups is 1. The number of hydrogen-bond acceptors (Lipinski definition) is 4. The molecule has 0 unspecified atom stereocenters. The summed E-state index contributed by atoms with van der Waals surface area (Å²) in [6, 6.07) is 5.43. The lowest BCUT2D eigenvalue weighted by atomic mass is 10.1. The van der Waals surface area contributed by atoms with Gasteiger partial charge in [-0.25, -0.2) is 8.78 Å². The molecule has 2 heterocycles. The molecule has 1 amide bonds. The number of phenols is 1. The molecule has 1 saturated heterocycles. The van der Waals surface area contributed by atoms with Gasteiger partial charge in [0.05, 0.1) is 0 Å². The van der Waals surface area contributed by atoms with Crippen molar-refractivity contribution in [3.8, 4) is 5.75 Å². The number of hydrogen-bond donors (Lipinski definition) is 1. The Hall–Kier alpha value is -1.99. The summed E-state index contributed by atoms with van der Waals surface area (Å²) in [6.07, 6.45) is 0. The molecule has 0 saturated carbocycles. The van der Waals surface area contributed by atoms with Crippen LogP contribution in [0.4, 0.5) is 8.78 Å². The van der Waals surface area contributed by atoms with Crippen molar-refractivity contribution < 1.29 is 18.7 Å². The van der Waals surface area contributed by atoms with Crippen LogP contribution < -0.4 is 0 Å². The quantitative estimate of drug-likeness (QED) is 0.936. The van der Waals surface area contributed by atoms with Crippen molar-refractivity contribution in [2.75, 3.05) is 26.2 Å². The summed E-state index contributed by atoms with van der Waals surface area (Å²) in [4.78, 5) is 17.3. The number of aromatic hydroxyl groups is 1. The molecule has 0 bridgehead atoms. The third-order valence-corrected chi connectivity index (χ3v) is 4.73. The Morgan fingerprint density at radius 3 is 2.57 bits per heavy atom. The second kappa shape index (κ2) is 6.64. The van der Waals surface area contributed by atoms with E-state index in [2.05, 4.69) is 11.0 Å². The molecule has 7 heteroatoms. The van der Waals surface area contributed by atoms with E-state index in [4.69, 9.17) is 0 Å². The predicted octanol–water partition coefficient (Wildman–Crippen LogP) is 2.69. The minimum atomic E-state index is -1.03. The Labute approximate surface area is 136 Å². The fourth-order valence-electron chi connectivity index (χ4n) is 2.66. The first-order valence-corrected chi connectivity index (χ1v) is 8.14. The first-order valence-electron chi connectivity index (χ1n) is 7.26. The summed E-state index contributed by atoms with van der Waals surface area (Å²) < 4.78 is 26.8. The molecule has 122 valence electrons. The van der Waals surface area contributed by atoms with E-state index in [9.17, 15) is 18.7 Å². The lowest BCUT2D eigenvalue weighted by Crippen LogP contribution is -2.48. The lowest BCUT2D eigenvalue weighted by Gasteiger charge is -2.34. The number of piperazine rings is 1. The van der Waals surface area contributed by atoms with E-state index in [1.807, 2.05) is 11.4 Å². The SMILES string of the molecule is O=C(c1c(O)cc(F)cc1F)N1CCN(Cc2cccs2)CC1. The zero-order valence-corrected chi connectivity index (χ0v) is 13.2. The number of amides is 1. The Balaban J connectivity index is 1.64. The van der Waals surface area contributed by atoms with E-state index in [1.54, 1.807) is 11.3 Å². The molecule has 3 rings (SSSR count). The topological polar surface area (TPSA) is 43.8 Å². The van der Waals surface area contributed by atoms with Crippen molar-refractivity contribution in [1.29, 1.82) is 0 Å². The van der Waals surface area contributed by atoms with Crippen LogP contribution >= 0.6 is 11.3 Å². The number of thiophene rings is 1. The van der Waals surface area contributed by atoms with Crippen molar-refractivity contribution in [2.45, 2.75) is 6.54 Å². The standard InChI is InChI=1S/C16H16F2N2O2S/c17-11-8-13(18)15(14(21)9-11)16(22)20-5-3-19(4-6-20)10-12-2-1-7-23-12/h1-2,7-9,21H,3-6,10H2. The second-order valence-corrected chi connectivity index (χ2v) is 6.46. The van der Waals surface area contributed by atoms with E-state index in [-0.39, 0.29) is 0 Å². The van der Waals surface area contributed by atoms with Gasteiger partial charge in [-0.05, 0) is 11.4 Å². The van der Waals surface area contributed by atoms with Gasteiger partial charge in [0.2, 0.25) is 0 Å². The van der Waals surface area contributed by atoms with Crippen molar-refractivity contribution in [2.24, 2.45) is 0 Å². The van der Waals surface area contributed by atoms with Crippen molar-refractivity contribution in [1.82, 2.24) is 9.80 Å². The van der Waals surface area contributed by atoms with Gasteiger partial charge in [0.1, 0.15) is 22.9 Å². The largest absolute Gasteiger partial charge is 0.507 e. The molecule has 1 fully saturated rings. The lowest BCUT2D eigenvalue weighted by molar-refractivity contribution is 0.0622. The highest BCUT2D eigenvalue weighted by atomic mass is 32.1. The first kappa shape index (κ1) is 15.9.